The van der Waals surface area contributed by atoms with Gasteiger partial charge in [0, 0.05) is 0 Å². The van der Waals surface area contributed by atoms with Gasteiger partial charge < -0.3 is 0 Å². The van der Waals surface area contributed by atoms with Crippen LogP contribution in [-0.4, -0.2) is 6.18 Å². The summed E-state index contributed by atoms with van der Waals surface area (Å²) in [5.74, 6) is -1.13. The van der Waals surface area contributed by atoms with E-state index in [1.54, 1.807) is 0 Å². The molecule has 0 aromatic rings. The zero-order valence-electron chi connectivity index (χ0n) is 7.32. The molecule has 72 valence electrons. The third-order valence-corrected chi connectivity index (χ3v) is 2.85. The number of hydrogen-bond acceptors (Lipinski definition) is 0. The third-order valence-electron chi connectivity index (χ3n) is 2.85. The number of hydrogen-bond donors (Lipinski definition) is 0. The van der Waals surface area contributed by atoms with Crippen LogP contribution in [0.15, 0.2) is 0 Å². The zero-order chi connectivity index (χ0) is 9.19. The van der Waals surface area contributed by atoms with Crippen molar-refractivity contribution < 1.29 is 13.2 Å². The lowest BCUT2D eigenvalue weighted by Gasteiger charge is -2.32. The molecule has 3 heteroatoms. The summed E-state index contributed by atoms with van der Waals surface area (Å²) in [7, 11) is 0. The maximum absolute atomic E-state index is 12.4. The minimum Gasteiger partial charge on any atom is -0.171 e. The summed E-state index contributed by atoms with van der Waals surface area (Å²) in [5.41, 5.74) is 0. The van der Waals surface area contributed by atoms with Gasteiger partial charge in [-0.1, -0.05) is 26.2 Å². The summed E-state index contributed by atoms with van der Waals surface area (Å²) < 4.78 is 37.1. The first kappa shape index (κ1) is 9.87. The first-order valence-corrected chi connectivity index (χ1v) is 4.62. The quantitative estimate of drug-likeness (QED) is 0.576. The molecule has 0 spiro atoms. The highest BCUT2D eigenvalue weighted by atomic mass is 19.4. The summed E-state index contributed by atoms with van der Waals surface area (Å²) in [4.78, 5) is 0. The van der Waals surface area contributed by atoms with Crippen LogP contribution in [0.2, 0.25) is 0 Å². The van der Waals surface area contributed by atoms with Crippen LogP contribution >= 0.6 is 0 Å². The molecule has 1 aliphatic rings. The van der Waals surface area contributed by atoms with Gasteiger partial charge >= 0.3 is 6.18 Å². The Balaban J connectivity index is 2.59. The van der Waals surface area contributed by atoms with Crippen LogP contribution in [0, 0.1) is 11.8 Å². The van der Waals surface area contributed by atoms with Crippen LogP contribution < -0.4 is 0 Å². The first-order valence-electron chi connectivity index (χ1n) is 4.62. The fourth-order valence-electron chi connectivity index (χ4n) is 2.13. The molecule has 1 fully saturated rings. The molecule has 2 atom stereocenters. The predicted molar refractivity (Wildman–Crippen MR) is 41.8 cm³/mol. The maximum atomic E-state index is 12.4. The second-order valence-corrected chi connectivity index (χ2v) is 3.60. The average molecular weight is 180 g/mol. The van der Waals surface area contributed by atoms with E-state index in [0.29, 0.717) is 12.8 Å². The summed E-state index contributed by atoms with van der Waals surface area (Å²) >= 11 is 0. The van der Waals surface area contributed by atoms with Gasteiger partial charge in [-0.05, 0) is 18.8 Å². The standard InChI is InChI=1S/C9H15F3/c1-2-7-5-3-4-6-8(7)9(10,11)12/h7-8H,2-6H2,1H3/t7?,8-/m0/s1. The van der Waals surface area contributed by atoms with Crippen molar-refractivity contribution in [2.45, 2.75) is 45.2 Å². The predicted octanol–water partition coefficient (Wildman–Crippen LogP) is 3.77. The molecule has 0 saturated heterocycles. The molecule has 0 aliphatic heterocycles. The van der Waals surface area contributed by atoms with Crippen molar-refractivity contribution in [2.24, 2.45) is 11.8 Å². The van der Waals surface area contributed by atoms with E-state index in [-0.39, 0.29) is 5.92 Å². The molecule has 0 N–H and O–H groups in total. The largest absolute Gasteiger partial charge is 0.392 e. The molecule has 1 rings (SSSR count). The van der Waals surface area contributed by atoms with Crippen molar-refractivity contribution in [3.05, 3.63) is 0 Å². The van der Waals surface area contributed by atoms with Crippen LogP contribution in [0.3, 0.4) is 0 Å². The van der Waals surface area contributed by atoms with Crippen molar-refractivity contribution in [3.8, 4) is 0 Å². The summed E-state index contributed by atoms with van der Waals surface area (Å²) in [6, 6.07) is 0. The van der Waals surface area contributed by atoms with Crippen molar-refractivity contribution >= 4 is 0 Å². The fourth-order valence-corrected chi connectivity index (χ4v) is 2.13. The van der Waals surface area contributed by atoms with E-state index >= 15 is 0 Å². The van der Waals surface area contributed by atoms with Gasteiger partial charge in [-0.25, -0.2) is 0 Å². The molecule has 0 aromatic carbocycles. The van der Waals surface area contributed by atoms with Crippen LogP contribution in [0.1, 0.15) is 39.0 Å². The van der Waals surface area contributed by atoms with Gasteiger partial charge in [0.2, 0.25) is 0 Å². The van der Waals surface area contributed by atoms with E-state index in [1.807, 2.05) is 6.92 Å². The van der Waals surface area contributed by atoms with Gasteiger partial charge in [-0.2, -0.15) is 13.2 Å². The van der Waals surface area contributed by atoms with E-state index < -0.39 is 12.1 Å². The molecule has 1 saturated carbocycles. The Morgan fingerprint density at radius 1 is 1.17 bits per heavy atom. The van der Waals surface area contributed by atoms with Crippen LogP contribution in [0.25, 0.3) is 0 Å². The van der Waals surface area contributed by atoms with Crippen LogP contribution in [0.4, 0.5) is 13.2 Å². The molecule has 0 nitrogen and oxygen atoms in total. The molecule has 1 aliphatic carbocycles. The van der Waals surface area contributed by atoms with Crippen molar-refractivity contribution in [1.29, 1.82) is 0 Å². The normalized spacial score (nSPS) is 32.0. The molecular formula is C9H15F3. The SMILES string of the molecule is CCC1CCCC[C@@H]1C(F)(F)F. The van der Waals surface area contributed by atoms with Gasteiger partial charge in [0.15, 0.2) is 0 Å². The van der Waals surface area contributed by atoms with Crippen LogP contribution in [-0.2, 0) is 0 Å². The van der Waals surface area contributed by atoms with E-state index in [1.165, 1.54) is 0 Å². The zero-order valence-corrected chi connectivity index (χ0v) is 7.32. The fraction of sp³-hybridized carbons (Fsp3) is 1.00. The average Bonchev–Trinajstić information content (AvgIpc) is 2.03. The Labute approximate surface area is 71.1 Å². The molecule has 0 aromatic heterocycles. The lowest BCUT2D eigenvalue weighted by Crippen LogP contribution is -2.32. The van der Waals surface area contributed by atoms with Crippen molar-refractivity contribution in [2.75, 3.05) is 0 Å². The Kier molecular flexibility index (Phi) is 3.02. The number of rotatable bonds is 1. The Morgan fingerprint density at radius 3 is 2.17 bits per heavy atom. The van der Waals surface area contributed by atoms with Gasteiger partial charge in [0.25, 0.3) is 0 Å². The Morgan fingerprint density at radius 2 is 1.75 bits per heavy atom. The summed E-state index contributed by atoms with van der Waals surface area (Å²) in [6.45, 7) is 1.86. The summed E-state index contributed by atoms with van der Waals surface area (Å²) in [5, 5.41) is 0. The van der Waals surface area contributed by atoms with Gasteiger partial charge in [0.1, 0.15) is 0 Å². The molecule has 1 unspecified atom stereocenters. The van der Waals surface area contributed by atoms with E-state index in [2.05, 4.69) is 0 Å². The minimum absolute atomic E-state index is 0.112. The molecule has 0 amide bonds. The van der Waals surface area contributed by atoms with Crippen molar-refractivity contribution in [3.63, 3.8) is 0 Å². The maximum Gasteiger partial charge on any atom is 0.392 e. The Hall–Kier alpha value is -0.210. The van der Waals surface area contributed by atoms with Gasteiger partial charge in [0.05, 0.1) is 5.92 Å². The Bertz CT molecular complexity index is 139. The van der Waals surface area contributed by atoms with Crippen LogP contribution in [0.5, 0.6) is 0 Å². The smallest absolute Gasteiger partial charge is 0.171 e. The van der Waals surface area contributed by atoms with Crippen molar-refractivity contribution in [1.82, 2.24) is 0 Å². The molecule has 0 bridgehead atoms. The highest BCUT2D eigenvalue weighted by Gasteiger charge is 2.44. The first-order chi connectivity index (χ1) is 5.55. The number of alkyl halides is 3. The molecule has 0 radical (unpaired) electrons. The van der Waals surface area contributed by atoms with Gasteiger partial charge in [-0.15, -0.1) is 0 Å². The number of halogens is 3. The molecule has 12 heavy (non-hydrogen) atoms. The monoisotopic (exact) mass is 180 g/mol. The van der Waals surface area contributed by atoms with E-state index in [4.69, 9.17) is 0 Å². The van der Waals surface area contributed by atoms with E-state index in [9.17, 15) is 13.2 Å². The second kappa shape index (κ2) is 3.67. The summed E-state index contributed by atoms with van der Waals surface area (Å²) in [6.07, 6.45) is -0.445. The highest BCUT2D eigenvalue weighted by Crippen LogP contribution is 2.42. The molecule has 0 heterocycles. The topological polar surface area (TPSA) is 0 Å². The third kappa shape index (κ3) is 2.14. The molecular weight excluding hydrogens is 165 g/mol. The second-order valence-electron chi connectivity index (χ2n) is 3.60. The highest BCUT2D eigenvalue weighted by molar-refractivity contribution is 4.79. The lowest BCUT2D eigenvalue weighted by atomic mass is 9.77. The minimum atomic E-state index is -3.96. The lowest BCUT2D eigenvalue weighted by molar-refractivity contribution is -0.196. The van der Waals surface area contributed by atoms with E-state index in [0.717, 1.165) is 19.3 Å². The van der Waals surface area contributed by atoms with Gasteiger partial charge in [-0.3, -0.25) is 0 Å².